The average molecular weight is 282 g/mol. The minimum absolute atomic E-state index is 0.00161. The van der Waals surface area contributed by atoms with Crippen molar-refractivity contribution in [2.45, 2.75) is 25.8 Å². The van der Waals surface area contributed by atoms with E-state index < -0.39 is 10.0 Å². The molecule has 1 amide bonds. The Labute approximate surface area is 113 Å². The second-order valence-electron chi connectivity index (χ2n) is 4.96. The van der Waals surface area contributed by atoms with Crippen LogP contribution in [0.1, 0.15) is 18.4 Å². The Bertz CT molecular complexity index is 579. The molecule has 6 heteroatoms. The topological polar surface area (TPSA) is 66.5 Å². The molecule has 0 aromatic heterocycles. The van der Waals surface area contributed by atoms with Gasteiger partial charge in [0.15, 0.2) is 0 Å². The summed E-state index contributed by atoms with van der Waals surface area (Å²) in [6.45, 7) is 1.82. The van der Waals surface area contributed by atoms with Gasteiger partial charge in [0.25, 0.3) is 0 Å². The number of amides is 1. The Hall–Kier alpha value is -1.40. The zero-order valence-electron chi connectivity index (χ0n) is 11.1. The van der Waals surface area contributed by atoms with E-state index in [0.717, 1.165) is 24.7 Å². The highest BCUT2D eigenvalue weighted by atomic mass is 32.2. The van der Waals surface area contributed by atoms with E-state index >= 15 is 0 Å². The van der Waals surface area contributed by atoms with Crippen LogP contribution in [-0.4, -0.2) is 37.5 Å². The van der Waals surface area contributed by atoms with Crippen molar-refractivity contribution < 1.29 is 13.2 Å². The zero-order chi connectivity index (χ0) is 14.0. The van der Waals surface area contributed by atoms with Gasteiger partial charge in [-0.3, -0.25) is 4.79 Å². The number of hydrogen-bond donors (Lipinski definition) is 1. The highest BCUT2D eigenvalue weighted by Gasteiger charge is 2.36. The van der Waals surface area contributed by atoms with E-state index in [1.54, 1.807) is 6.07 Å². The van der Waals surface area contributed by atoms with Crippen molar-refractivity contribution in [3.63, 3.8) is 0 Å². The summed E-state index contributed by atoms with van der Waals surface area (Å²) in [6.07, 6.45) is 2.82. The number of nitrogens with zero attached hydrogens (tertiary/aromatic N) is 1. The predicted molar refractivity (Wildman–Crippen MR) is 74.4 cm³/mol. The van der Waals surface area contributed by atoms with Crippen molar-refractivity contribution in [1.82, 2.24) is 4.31 Å². The van der Waals surface area contributed by atoms with Crippen LogP contribution in [0.15, 0.2) is 24.3 Å². The molecule has 19 heavy (non-hydrogen) atoms. The van der Waals surface area contributed by atoms with Gasteiger partial charge in [-0.2, -0.15) is 4.31 Å². The molecule has 0 radical (unpaired) electrons. The molecule has 1 aliphatic rings. The minimum Gasteiger partial charge on any atom is -0.325 e. The van der Waals surface area contributed by atoms with Gasteiger partial charge in [-0.15, -0.1) is 0 Å². The van der Waals surface area contributed by atoms with E-state index in [1.165, 1.54) is 4.31 Å². The standard InChI is InChI=1S/C13H18N2O3S/c1-10-4-3-5-11(8-10)14-13(16)9-15(12-6-7-12)19(2,17)18/h3-5,8,12H,6-7,9H2,1-2H3,(H,14,16). The molecule has 5 nitrogen and oxygen atoms in total. The molecule has 0 spiro atoms. The van der Waals surface area contributed by atoms with Gasteiger partial charge in [0.1, 0.15) is 0 Å². The molecule has 1 fully saturated rings. The third kappa shape index (κ3) is 4.04. The third-order valence-corrected chi connectivity index (χ3v) is 4.26. The Morgan fingerprint density at radius 3 is 2.63 bits per heavy atom. The number of nitrogens with one attached hydrogen (secondary N) is 1. The largest absolute Gasteiger partial charge is 0.325 e. The predicted octanol–water partition coefficient (Wildman–Crippen LogP) is 1.36. The number of aryl methyl sites for hydroxylation is 1. The second kappa shape index (κ2) is 5.30. The lowest BCUT2D eigenvalue weighted by Crippen LogP contribution is -2.38. The first-order chi connectivity index (χ1) is 8.86. The normalized spacial score (nSPS) is 15.5. The average Bonchev–Trinajstić information content (AvgIpc) is 3.08. The van der Waals surface area contributed by atoms with Gasteiger partial charge in [-0.25, -0.2) is 8.42 Å². The maximum Gasteiger partial charge on any atom is 0.239 e. The lowest BCUT2D eigenvalue weighted by Gasteiger charge is -2.18. The zero-order valence-corrected chi connectivity index (χ0v) is 11.9. The van der Waals surface area contributed by atoms with Crippen LogP contribution >= 0.6 is 0 Å². The molecule has 0 heterocycles. The number of benzene rings is 1. The SMILES string of the molecule is Cc1cccc(NC(=O)CN(C2CC2)S(C)(=O)=O)c1. The fraction of sp³-hybridized carbons (Fsp3) is 0.462. The molecule has 1 aromatic rings. The van der Waals surface area contributed by atoms with Crippen molar-refractivity contribution in [2.24, 2.45) is 0 Å². The van der Waals surface area contributed by atoms with Crippen LogP contribution in [0.25, 0.3) is 0 Å². The first-order valence-electron chi connectivity index (χ1n) is 6.19. The molecule has 1 saturated carbocycles. The Balaban J connectivity index is 2.00. The summed E-state index contributed by atoms with van der Waals surface area (Å²) in [5, 5.41) is 2.72. The number of sulfonamides is 1. The van der Waals surface area contributed by atoms with Crippen LogP contribution in [-0.2, 0) is 14.8 Å². The van der Waals surface area contributed by atoms with E-state index in [0.29, 0.717) is 5.69 Å². The van der Waals surface area contributed by atoms with E-state index in [-0.39, 0.29) is 18.5 Å². The van der Waals surface area contributed by atoms with Crippen LogP contribution in [0, 0.1) is 6.92 Å². The van der Waals surface area contributed by atoms with Crippen LogP contribution in [0.4, 0.5) is 5.69 Å². The first-order valence-corrected chi connectivity index (χ1v) is 8.04. The second-order valence-corrected chi connectivity index (χ2v) is 6.89. The lowest BCUT2D eigenvalue weighted by molar-refractivity contribution is -0.116. The molecule has 1 N–H and O–H groups in total. The highest BCUT2D eigenvalue weighted by Crippen LogP contribution is 2.28. The van der Waals surface area contributed by atoms with Gasteiger partial charge in [-0.05, 0) is 37.5 Å². The summed E-state index contributed by atoms with van der Waals surface area (Å²) in [5.41, 5.74) is 1.73. The fourth-order valence-electron chi connectivity index (χ4n) is 1.94. The van der Waals surface area contributed by atoms with Crippen molar-refractivity contribution in [1.29, 1.82) is 0 Å². The Kier molecular flexibility index (Phi) is 3.91. The molecule has 1 aliphatic carbocycles. The minimum atomic E-state index is -3.32. The summed E-state index contributed by atoms with van der Waals surface area (Å²) in [4.78, 5) is 11.9. The van der Waals surface area contributed by atoms with Crippen LogP contribution < -0.4 is 5.32 Å². The van der Waals surface area contributed by atoms with Gasteiger partial charge in [0, 0.05) is 11.7 Å². The van der Waals surface area contributed by atoms with E-state index in [1.807, 2.05) is 25.1 Å². The number of carbonyl (C=O) groups is 1. The molecular formula is C13H18N2O3S. The maximum absolute atomic E-state index is 11.9. The van der Waals surface area contributed by atoms with Gasteiger partial charge in [-0.1, -0.05) is 12.1 Å². The van der Waals surface area contributed by atoms with Crippen molar-refractivity contribution in [3.8, 4) is 0 Å². The number of carbonyl (C=O) groups excluding carboxylic acids is 1. The number of hydrogen-bond acceptors (Lipinski definition) is 3. The van der Waals surface area contributed by atoms with Gasteiger partial charge in [0.05, 0.1) is 12.8 Å². The Morgan fingerprint density at radius 1 is 1.42 bits per heavy atom. The summed E-state index contributed by atoms with van der Waals surface area (Å²) in [5.74, 6) is -0.303. The van der Waals surface area contributed by atoms with Gasteiger partial charge < -0.3 is 5.32 Å². The monoisotopic (exact) mass is 282 g/mol. The van der Waals surface area contributed by atoms with Crippen molar-refractivity contribution in [3.05, 3.63) is 29.8 Å². The molecule has 2 rings (SSSR count). The van der Waals surface area contributed by atoms with Crippen molar-refractivity contribution in [2.75, 3.05) is 18.1 Å². The third-order valence-electron chi connectivity index (χ3n) is 2.98. The Morgan fingerprint density at radius 2 is 2.11 bits per heavy atom. The summed E-state index contributed by atoms with van der Waals surface area (Å²) < 4.78 is 24.5. The molecule has 104 valence electrons. The molecule has 0 bridgehead atoms. The van der Waals surface area contributed by atoms with Crippen LogP contribution in [0.5, 0.6) is 0 Å². The smallest absolute Gasteiger partial charge is 0.239 e. The molecule has 1 aromatic carbocycles. The van der Waals surface area contributed by atoms with E-state index in [2.05, 4.69) is 5.32 Å². The highest BCUT2D eigenvalue weighted by molar-refractivity contribution is 7.88. The lowest BCUT2D eigenvalue weighted by atomic mass is 10.2. The fourth-order valence-corrected chi connectivity index (χ4v) is 3.05. The molecule has 0 saturated heterocycles. The molecule has 0 atom stereocenters. The number of anilines is 1. The van der Waals surface area contributed by atoms with E-state index in [4.69, 9.17) is 0 Å². The van der Waals surface area contributed by atoms with Crippen molar-refractivity contribution >= 4 is 21.6 Å². The summed E-state index contributed by atoms with van der Waals surface area (Å²) in [6, 6.07) is 7.41. The van der Waals surface area contributed by atoms with Crippen LogP contribution in [0.3, 0.4) is 0 Å². The van der Waals surface area contributed by atoms with Gasteiger partial charge >= 0.3 is 0 Å². The molecular weight excluding hydrogens is 264 g/mol. The van der Waals surface area contributed by atoms with E-state index in [9.17, 15) is 13.2 Å². The van der Waals surface area contributed by atoms with Gasteiger partial charge in [0.2, 0.25) is 15.9 Å². The quantitative estimate of drug-likeness (QED) is 0.886. The maximum atomic E-state index is 11.9. The molecule has 0 unspecified atom stereocenters. The summed E-state index contributed by atoms with van der Waals surface area (Å²) in [7, 11) is -3.32. The first kappa shape index (κ1) is 14.0. The molecule has 0 aliphatic heterocycles. The number of rotatable bonds is 5. The summed E-state index contributed by atoms with van der Waals surface area (Å²) >= 11 is 0. The van der Waals surface area contributed by atoms with Crippen LogP contribution in [0.2, 0.25) is 0 Å².